The third-order valence-corrected chi connectivity index (χ3v) is 9.32. The molecule has 0 atom stereocenters. The van der Waals surface area contributed by atoms with Gasteiger partial charge in [-0.2, -0.15) is 35.3 Å². The summed E-state index contributed by atoms with van der Waals surface area (Å²) < 4.78 is 16.7. The molecule has 0 saturated carbocycles. The molecule has 200 valence electrons. The summed E-state index contributed by atoms with van der Waals surface area (Å²) in [5.74, 6) is 7.84. The van der Waals surface area contributed by atoms with Crippen molar-refractivity contribution < 1.29 is 19.0 Å². The number of rotatable bonds is 16. The molecule has 4 nitrogen and oxygen atoms in total. The fourth-order valence-electron chi connectivity index (χ4n) is 4.06. The molecule has 37 heavy (non-hydrogen) atoms. The Hall–Kier alpha value is -1.96. The molecule has 0 saturated heterocycles. The summed E-state index contributed by atoms with van der Waals surface area (Å²) in [4.78, 5) is 11.0. The lowest BCUT2D eigenvalue weighted by molar-refractivity contribution is -0.137. The summed E-state index contributed by atoms with van der Waals surface area (Å²) in [6.45, 7) is 6.69. The van der Waals surface area contributed by atoms with Gasteiger partial charge in [-0.25, -0.2) is 4.79 Å². The normalized spacial score (nSPS) is 12.8. The molecule has 0 amide bonds. The number of hydrogen-bond acceptors (Lipinski definition) is 7. The van der Waals surface area contributed by atoms with Crippen molar-refractivity contribution in [3.8, 4) is 11.5 Å². The van der Waals surface area contributed by atoms with Gasteiger partial charge in [0.15, 0.2) is 0 Å². The average Bonchev–Trinajstić information content (AvgIpc) is 3.13. The molecule has 7 heteroatoms. The monoisotopic (exact) mass is 558 g/mol. The highest BCUT2D eigenvalue weighted by molar-refractivity contribution is 8.04. The molecular formula is C30H38O4S3. The second kappa shape index (κ2) is 16.8. The summed E-state index contributed by atoms with van der Waals surface area (Å²) in [5.41, 5.74) is 6.42. The molecule has 1 aliphatic rings. The Bertz CT molecular complexity index is 1050. The highest BCUT2D eigenvalue weighted by Gasteiger charge is 2.14. The average molecular weight is 559 g/mol. The lowest BCUT2D eigenvalue weighted by atomic mass is 9.98. The summed E-state index contributed by atoms with van der Waals surface area (Å²) in [5, 5.41) is 0. The minimum atomic E-state index is -0.344. The zero-order chi connectivity index (χ0) is 26.3. The molecule has 0 bridgehead atoms. The second-order valence-corrected chi connectivity index (χ2v) is 12.3. The van der Waals surface area contributed by atoms with Crippen LogP contribution in [-0.2, 0) is 16.0 Å². The minimum absolute atomic E-state index is 0.344. The van der Waals surface area contributed by atoms with Gasteiger partial charge in [0.1, 0.15) is 18.1 Å². The molecule has 2 aromatic rings. The predicted octanol–water partition coefficient (Wildman–Crippen LogP) is 7.19. The first-order valence-electron chi connectivity index (χ1n) is 12.7. The molecule has 0 heterocycles. The molecule has 0 N–H and O–H groups in total. The lowest BCUT2D eigenvalue weighted by Crippen LogP contribution is -2.04. The standard InChI is InChI=1S/C30H38O4S3/c1-4-30(31)34-13-15-36-17-19-37-18-16-35-14-12-33-27-10-9-24-6-5-7-25(21-26(24)22-27)28-20-23(2)8-11-29(28)32-3/h4,8-11,20-22H,1,5-7,12-19H2,2-3H3. The van der Waals surface area contributed by atoms with Crippen molar-refractivity contribution in [2.24, 2.45) is 0 Å². The van der Waals surface area contributed by atoms with E-state index in [1.807, 2.05) is 35.3 Å². The van der Waals surface area contributed by atoms with Crippen LogP contribution in [0.3, 0.4) is 0 Å². The van der Waals surface area contributed by atoms with Crippen molar-refractivity contribution in [3.05, 3.63) is 71.3 Å². The molecule has 0 radical (unpaired) electrons. The zero-order valence-corrected chi connectivity index (χ0v) is 24.4. The van der Waals surface area contributed by atoms with E-state index >= 15 is 0 Å². The quantitative estimate of drug-likeness (QED) is 0.123. The first-order valence-corrected chi connectivity index (χ1v) is 16.2. The molecule has 2 aromatic carbocycles. The van der Waals surface area contributed by atoms with E-state index in [1.165, 1.54) is 33.9 Å². The van der Waals surface area contributed by atoms with Crippen molar-refractivity contribution in [2.45, 2.75) is 26.2 Å². The van der Waals surface area contributed by atoms with Crippen molar-refractivity contribution in [2.75, 3.05) is 54.8 Å². The number of aryl methyl sites for hydroxylation is 2. The molecule has 0 unspecified atom stereocenters. The SMILES string of the molecule is C=CC(=O)OCCSCCSCCSCCOc1ccc2c(c1)C=C(c1cc(C)ccc1OC)CCC2. The fourth-order valence-corrected chi connectivity index (χ4v) is 6.96. The number of allylic oxidation sites excluding steroid dienone is 1. The lowest BCUT2D eigenvalue weighted by Gasteiger charge is -2.12. The highest BCUT2D eigenvalue weighted by Crippen LogP contribution is 2.35. The number of carbonyl (C=O) groups excluding carboxylic acids is 1. The van der Waals surface area contributed by atoms with E-state index in [1.54, 1.807) is 7.11 Å². The largest absolute Gasteiger partial charge is 0.496 e. The number of methoxy groups -OCH3 is 1. The van der Waals surface area contributed by atoms with E-state index in [4.69, 9.17) is 14.2 Å². The first-order chi connectivity index (χ1) is 18.1. The Balaban J connectivity index is 1.36. The van der Waals surface area contributed by atoms with Crippen LogP contribution < -0.4 is 9.47 Å². The maximum atomic E-state index is 11.0. The van der Waals surface area contributed by atoms with E-state index in [2.05, 4.69) is 56.0 Å². The van der Waals surface area contributed by atoms with Crippen LogP contribution >= 0.6 is 35.3 Å². The zero-order valence-electron chi connectivity index (χ0n) is 22.0. The van der Waals surface area contributed by atoms with Crippen LogP contribution in [-0.4, -0.2) is 60.8 Å². The van der Waals surface area contributed by atoms with Crippen LogP contribution in [0.2, 0.25) is 0 Å². The molecule has 0 fully saturated rings. The Morgan fingerprint density at radius 1 is 0.946 bits per heavy atom. The Kier molecular flexibility index (Phi) is 13.4. The Morgan fingerprint density at radius 3 is 2.41 bits per heavy atom. The van der Waals surface area contributed by atoms with Crippen LogP contribution in [0.4, 0.5) is 0 Å². The maximum Gasteiger partial charge on any atom is 0.330 e. The van der Waals surface area contributed by atoms with Crippen LogP contribution in [0.15, 0.2) is 49.1 Å². The predicted molar refractivity (Wildman–Crippen MR) is 164 cm³/mol. The van der Waals surface area contributed by atoms with Crippen molar-refractivity contribution >= 4 is 52.9 Å². The van der Waals surface area contributed by atoms with Gasteiger partial charge in [-0.3, -0.25) is 0 Å². The maximum absolute atomic E-state index is 11.0. The van der Waals surface area contributed by atoms with E-state index in [9.17, 15) is 4.79 Å². The molecule has 0 aliphatic heterocycles. The van der Waals surface area contributed by atoms with Gasteiger partial charge in [0.2, 0.25) is 0 Å². The number of carbonyl (C=O) groups is 1. The van der Waals surface area contributed by atoms with Gasteiger partial charge in [0.05, 0.1) is 13.7 Å². The number of ether oxygens (including phenoxy) is 3. The van der Waals surface area contributed by atoms with Crippen LogP contribution in [0, 0.1) is 6.92 Å². The highest BCUT2D eigenvalue weighted by atomic mass is 32.2. The van der Waals surface area contributed by atoms with E-state index in [0.717, 1.165) is 71.9 Å². The van der Waals surface area contributed by atoms with Gasteiger partial charge >= 0.3 is 5.97 Å². The number of fused-ring (bicyclic) bond motifs is 1. The van der Waals surface area contributed by atoms with E-state index in [0.29, 0.717) is 6.61 Å². The number of thioether (sulfide) groups is 3. The van der Waals surface area contributed by atoms with Gasteiger partial charge in [-0.1, -0.05) is 30.4 Å². The van der Waals surface area contributed by atoms with E-state index < -0.39 is 0 Å². The second-order valence-electron chi connectivity index (χ2n) is 8.64. The van der Waals surface area contributed by atoms with Gasteiger partial charge in [0.25, 0.3) is 0 Å². The fraction of sp³-hybridized carbons (Fsp3) is 0.433. The summed E-state index contributed by atoms with van der Waals surface area (Å²) in [6.07, 6.45) is 6.79. The Morgan fingerprint density at radius 2 is 1.68 bits per heavy atom. The number of hydrogen-bond donors (Lipinski definition) is 0. The molecule has 0 spiro atoms. The van der Waals surface area contributed by atoms with Crippen molar-refractivity contribution in [3.63, 3.8) is 0 Å². The van der Waals surface area contributed by atoms with Crippen molar-refractivity contribution in [1.29, 1.82) is 0 Å². The Labute approximate surface area is 235 Å². The summed E-state index contributed by atoms with van der Waals surface area (Å²) in [6, 6.07) is 12.9. The molecule has 1 aliphatic carbocycles. The van der Waals surface area contributed by atoms with Crippen LogP contribution in [0.1, 0.15) is 35.1 Å². The number of benzene rings is 2. The molecule has 0 aromatic heterocycles. The van der Waals surface area contributed by atoms with Crippen molar-refractivity contribution in [1.82, 2.24) is 0 Å². The summed E-state index contributed by atoms with van der Waals surface area (Å²) >= 11 is 5.73. The van der Waals surface area contributed by atoms with Crippen LogP contribution in [0.5, 0.6) is 11.5 Å². The van der Waals surface area contributed by atoms with E-state index in [-0.39, 0.29) is 5.97 Å². The van der Waals surface area contributed by atoms with Gasteiger partial charge in [-0.05, 0) is 67.2 Å². The smallest absolute Gasteiger partial charge is 0.330 e. The van der Waals surface area contributed by atoms with Gasteiger partial charge < -0.3 is 14.2 Å². The third kappa shape index (κ3) is 10.4. The number of esters is 1. The van der Waals surface area contributed by atoms with Crippen LogP contribution in [0.25, 0.3) is 11.6 Å². The molecular weight excluding hydrogens is 521 g/mol. The first kappa shape index (κ1) is 29.6. The minimum Gasteiger partial charge on any atom is -0.496 e. The van der Waals surface area contributed by atoms with Gasteiger partial charge in [0, 0.05) is 46.2 Å². The summed E-state index contributed by atoms with van der Waals surface area (Å²) in [7, 11) is 1.75. The topological polar surface area (TPSA) is 44.8 Å². The third-order valence-electron chi connectivity index (χ3n) is 5.92. The molecule has 3 rings (SSSR count). The van der Waals surface area contributed by atoms with Gasteiger partial charge in [-0.15, -0.1) is 0 Å².